The molecule has 0 amide bonds. The van der Waals surface area contributed by atoms with Crippen LogP contribution in [0.25, 0.3) is 99.6 Å². The number of aromatic nitrogens is 4. The summed E-state index contributed by atoms with van der Waals surface area (Å²) in [4.78, 5) is 0. The molecule has 4 nitrogen and oxygen atoms in total. The standard InChI is InChI=1S/C38H30N.C37H28N.C34H34N.C31H24N/c1-23-10-4-7-13-28(23)36-21-32(24(2)22-39(36)3)27-16-17-31-33(20-27)38-30-15-9-8-14-29(30)37(31)34-18-25-11-5-6-12-26(25)19-35(34)38;1-23-9-3-6-12-28(23)35-22-27(17-18-38(35)2)26-15-16-31-32(21-26)37-30-14-8-7-13-29(30)36(31)33-19-24-10-4-5-11-25(24)20-34(33)37;1-21-17-30-31(34-26-15-9-7-13-24(26)33(30)25-14-8-10-16-27(25)34)18-29(21)32-19-28(22(2)20-35(32)3)23-11-5-4-6-12-23;1-19-15-25-28(18-24(19)29-13-7-8-14-32(29)2)31-23-12-6-5-11-22(23)30(25)26-16-20-9-3-4-10-21(20)17-27(26)31/h4-22,37-38H,1-3H3;3-22,36-37H,1-2H3;7-10,13-20,23,33-34H,4-6,11-12H2,1-3H3;3-18,30-31H,1-2H3/q4*+1/i2D3,37D,38D;36D,37D;23D,33D,34D;30D,31D. The van der Waals surface area contributed by atoms with Crippen molar-refractivity contribution in [1.82, 2.24) is 0 Å². The van der Waals surface area contributed by atoms with E-state index in [0.717, 1.165) is 270 Å². The molecule has 692 valence electrons. The summed E-state index contributed by atoms with van der Waals surface area (Å²) >= 11 is 0. The Morgan fingerprint density at radius 1 is 0.194 bits per heavy atom. The lowest BCUT2D eigenvalue weighted by Crippen LogP contribution is -2.33. The first kappa shape index (κ1) is 75.0. The van der Waals surface area contributed by atoms with E-state index < -0.39 is 59.9 Å². The Balaban J connectivity index is 0.000000101. The predicted molar refractivity (Wildman–Crippen MR) is 589 cm³/mol. The molecule has 4 heteroatoms. The predicted octanol–water partition coefficient (Wildman–Crippen LogP) is 31.4. The van der Waals surface area contributed by atoms with Crippen LogP contribution in [-0.4, -0.2) is 0 Å². The van der Waals surface area contributed by atoms with E-state index in [1.807, 2.05) is 200 Å². The third-order valence-electron chi connectivity index (χ3n) is 32.4. The molecule has 21 aromatic rings. The maximum absolute atomic E-state index is 10.3. The molecule has 1 fully saturated rings. The van der Waals surface area contributed by atoms with Gasteiger partial charge in [-0.15, -0.1) is 0 Å². The number of benzene rings is 17. The van der Waals surface area contributed by atoms with Gasteiger partial charge in [-0.3, -0.25) is 0 Å². The van der Waals surface area contributed by atoms with Crippen LogP contribution in [0.15, 0.2) is 407 Å². The third-order valence-corrected chi connectivity index (χ3v) is 32.4. The average molecular weight is 1870 g/mol. The highest BCUT2D eigenvalue weighted by atomic mass is 14.9. The minimum absolute atomic E-state index is 0.254. The van der Waals surface area contributed by atoms with Crippen LogP contribution in [0, 0.1) is 41.5 Å². The number of hydrogen-bond donors (Lipinski definition) is 0. The van der Waals surface area contributed by atoms with Crippen molar-refractivity contribution in [2.24, 2.45) is 28.2 Å². The van der Waals surface area contributed by atoms with Gasteiger partial charge in [0.15, 0.2) is 24.8 Å². The molecule has 0 radical (unpaired) electrons. The van der Waals surface area contributed by atoms with Gasteiger partial charge in [-0.2, -0.15) is 0 Å². The molecule has 17 aromatic carbocycles. The molecule has 0 N–H and O–H groups in total. The largest absolute Gasteiger partial charge is 0.213 e. The van der Waals surface area contributed by atoms with Crippen LogP contribution in [0.4, 0.5) is 0 Å². The van der Waals surface area contributed by atoms with E-state index in [0.29, 0.717) is 5.56 Å². The Morgan fingerprint density at radius 2 is 0.493 bits per heavy atom. The number of aryl methyl sites for hydroxylation is 10. The zero-order valence-electron chi connectivity index (χ0n) is 94.5. The fraction of sp³-hybridized carbons (Fsp3) is 0.171. The fourth-order valence-electron chi connectivity index (χ4n) is 25.5. The zero-order valence-corrected chi connectivity index (χ0v) is 82.5. The minimum Gasteiger partial charge on any atom is -0.201 e. The Morgan fingerprint density at radius 3 is 0.889 bits per heavy atom. The number of fused-ring (bicyclic) bond motifs is 3. The second-order valence-corrected chi connectivity index (χ2v) is 40.8. The highest BCUT2D eigenvalue weighted by molar-refractivity contribution is 5.92. The van der Waals surface area contributed by atoms with Crippen molar-refractivity contribution in [3.63, 3.8) is 0 Å². The number of hydrogen-bond acceptors (Lipinski definition) is 0. The summed E-state index contributed by atoms with van der Waals surface area (Å²) in [5.41, 5.74) is 40.7. The first-order chi connectivity index (χ1) is 75.1. The second-order valence-electron chi connectivity index (χ2n) is 40.8. The molecule has 0 saturated heterocycles. The Hall–Kier alpha value is -15.9. The molecule has 6 atom stereocenters. The molecule has 4 heterocycles. The van der Waals surface area contributed by atoms with Crippen LogP contribution in [0.3, 0.4) is 0 Å². The molecule has 1 saturated carbocycles. The summed E-state index contributed by atoms with van der Waals surface area (Å²) in [6.45, 7) is 8.25. The van der Waals surface area contributed by atoms with Crippen LogP contribution >= 0.6 is 0 Å². The van der Waals surface area contributed by atoms with Crippen LogP contribution in [-0.2, 0) is 28.2 Å². The molecular weight excluding hydrogens is 1740 g/mol. The zero-order chi connectivity index (χ0) is 108. The van der Waals surface area contributed by atoms with Crippen LogP contribution < -0.4 is 18.3 Å². The molecule has 8 bridgehead atoms. The molecule has 0 spiro atoms. The lowest BCUT2D eigenvalue weighted by molar-refractivity contribution is -0.660. The van der Waals surface area contributed by atoms with Gasteiger partial charge in [-0.05, 0) is 355 Å². The molecule has 0 aliphatic heterocycles. The van der Waals surface area contributed by atoms with E-state index in [-0.39, 0.29) is 5.56 Å². The lowest BCUT2D eigenvalue weighted by Gasteiger charge is -2.42. The maximum atomic E-state index is 10.3. The van der Waals surface area contributed by atoms with Gasteiger partial charge in [-0.1, -0.05) is 286 Å². The second kappa shape index (κ2) is 34.5. The van der Waals surface area contributed by atoms with E-state index in [2.05, 4.69) is 282 Å². The normalized spacial score (nSPS) is 23.4. The Kier molecular flexibility index (Phi) is 18.0. The van der Waals surface area contributed by atoms with Crippen molar-refractivity contribution < 1.29 is 34.7 Å². The molecule has 144 heavy (non-hydrogen) atoms. The highest BCUT2D eigenvalue weighted by Gasteiger charge is 2.48. The quantitative estimate of drug-likeness (QED) is 0.141. The van der Waals surface area contributed by atoms with Gasteiger partial charge in [0.1, 0.15) is 28.2 Å². The Labute approximate surface area is 863 Å². The average Bonchev–Trinajstić information content (AvgIpc) is 0.684. The van der Waals surface area contributed by atoms with Gasteiger partial charge in [0.05, 0.1) is 0 Å². The first-order valence-corrected chi connectivity index (χ1v) is 50.9. The minimum atomic E-state index is -2.35. The van der Waals surface area contributed by atoms with Crippen molar-refractivity contribution in [1.29, 1.82) is 0 Å². The van der Waals surface area contributed by atoms with E-state index in [9.17, 15) is 12.3 Å². The van der Waals surface area contributed by atoms with Crippen molar-refractivity contribution in [2.75, 3.05) is 0 Å². The molecule has 34 rings (SSSR count). The van der Waals surface area contributed by atoms with Gasteiger partial charge in [0.2, 0.25) is 22.8 Å². The van der Waals surface area contributed by atoms with Gasteiger partial charge in [0, 0.05) is 133 Å². The fourth-order valence-corrected chi connectivity index (χ4v) is 25.5. The van der Waals surface area contributed by atoms with Crippen molar-refractivity contribution in [2.45, 2.75) is 127 Å². The van der Waals surface area contributed by atoms with Crippen LogP contribution in [0.1, 0.15) is 274 Å². The summed E-state index contributed by atoms with van der Waals surface area (Å²) in [5.74, 6) is -9.38. The number of rotatable bonds is 7. The third kappa shape index (κ3) is 14.0. The summed E-state index contributed by atoms with van der Waals surface area (Å²) in [6, 6.07) is 130. The summed E-state index contributed by atoms with van der Waals surface area (Å²) in [5, 5.41) is 6.54. The van der Waals surface area contributed by atoms with E-state index in [1.54, 1.807) is 6.20 Å². The molecular formula is C140H116N4+4. The summed E-state index contributed by atoms with van der Waals surface area (Å²) < 4.78 is 124. The number of nitrogens with zero attached hydrogens (tertiary/aromatic N) is 4. The topological polar surface area (TPSA) is 15.5 Å². The van der Waals surface area contributed by atoms with Gasteiger partial charge >= 0.3 is 0 Å². The van der Waals surface area contributed by atoms with Gasteiger partial charge in [-0.25, -0.2) is 18.3 Å². The van der Waals surface area contributed by atoms with Crippen molar-refractivity contribution >= 4 is 32.3 Å². The van der Waals surface area contributed by atoms with Crippen molar-refractivity contribution in [3.8, 4) is 67.3 Å². The lowest BCUT2D eigenvalue weighted by atomic mass is 9.60. The smallest absolute Gasteiger partial charge is 0.201 e. The first-order valence-electron chi connectivity index (χ1n) is 56.9. The molecule has 13 aliphatic rings. The van der Waals surface area contributed by atoms with Crippen LogP contribution in [0.2, 0.25) is 0 Å². The van der Waals surface area contributed by atoms with E-state index in [4.69, 9.17) is 4.11 Å². The summed E-state index contributed by atoms with van der Waals surface area (Å²) in [7, 11) is 8.10. The molecule has 4 aromatic heterocycles. The van der Waals surface area contributed by atoms with Crippen molar-refractivity contribution in [3.05, 3.63) is 579 Å². The van der Waals surface area contributed by atoms with Gasteiger partial charge in [0.25, 0.3) is 0 Å². The highest BCUT2D eigenvalue weighted by Crippen LogP contribution is 2.63. The van der Waals surface area contributed by atoms with Gasteiger partial charge < -0.3 is 0 Å². The monoisotopic (exact) mass is 1860 g/mol. The van der Waals surface area contributed by atoms with E-state index in [1.165, 1.54) is 23.1 Å². The molecule has 6 unspecified atom stereocenters. The number of pyridine rings is 4. The molecule has 13 aliphatic carbocycles. The Bertz CT molecular complexity index is 9650. The maximum Gasteiger partial charge on any atom is 0.213 e. The van der Waals surface area contributed by atoms with E-state index >= 15 is 0 Å². The summed E-state index contributed by atoms with van der Waals surface area (Å²) in [6.07, 6.45) is 13.3. The SMILES string of the molecule is [2H]C([2H])([2H])c1c[n+](C)c(-c2ccccc2C)cc1-c1ccc2c(c1)C1([2H])c3ccccc3C2([2H])c2cc3ccccc3cc21.[2H]C1(c2cc(-c3cc4c(cc3C)C3([2H])c5ccccc5C4([2H])c4ccccc43)[n+](C)cc2C)CCCCC1.[2H]C12c3ccccc3C([2H])(c3cc(-c4cc[n+](C)c(-c5ccccc5C)c4)ccc31)c1cc3ccccc3cc12.[2H]C12c3ccccc3C([2H])(c3cc(-c4cccc[n+]4C)c(C)cc31)c1cc3ccccc3cc12. The van der Waals surface area contributed by atoms with Crippen LogP contribution in [0.5, 0.6) is 0 Å².